The van der Waals surface area contributed by atoms with Crippen LogP contribution in [0, 0.1) is 13.8 Å². The number of anilines is 1. The van der Waals surface area contributed by atoms with Crippen LogP contribution in [-0.2, 0) is 16.4 Å². The highest BCUT2D eigenvalue weighted by Gasteiger charge is 2.14. The van der Waals surface area contributed by atoms with Gasteiger partial charge in [0.15, 0.2) is 0 Å². The molecular weight excluding hydrogens is 294 g/mol. The molecule has 4 heteroatoms. The molecule has 2 rings (SSSR count). The second-order valence-electron chi connectivity index (χ2n) is 5.65. The topological polar surface area (TPSA) is 46.2 Å². The van der Waals surface area contributed by atoms with Gasteiger partial charge in [0.05, 0.1) is 4.90 Å². The number of benzene rings is 2. The van der Waals surface area contributed by atoms with E-state index >= 15 is 0 Å². The van der Waals surface area contributed by atoms with Gasteiger partial charge < -0.3 is 0 Å². The van der Waals surface area contributed by atoms with Gasteiger partial charge in [-0.1, -0.05) is 31.5 Å². The summed E-state index contributed by atoms with van der Waals surface area (Å²) in [6, 6.07) is 12.7. The van der Waals surface area contributed by atoms with Gasteiger partial charge in [0.25, 0.3) is 10.0 Å². The third-order valence-electron chi connectivity index (χ3n) is 3.81. The fourth-order valence-corrected chi connectivity index (χ4v) is 3.28. The zero-order chi connectivity index (χ0) is 16.2. The summed E-state index contributed by atoms with van der Waals surface area (Å²) >= 11 is 0. The van der Waals surface area contributed by atoms with Crippen molar-refractivity contribution in [2.75, 3.05) is 4.72 Å². The summed E-state index contributed by atoms with van der Waals surface area (Å²) in [5, 5.41) is 0. The number of hydrogen-bond acceptors (Lipinski definition) is 2. The molecule has 0 bridgehead atoms. The molecule has 0 radical (unpaired) electrons. The summed E-state index contributed by atoms with van der Waals surface area (Å²) in [4.78, 5) is 0.297. The Morgan fingerprint density at radius 2 is 1.64 bits per heavy atom. The zero-order valence-electron chi connectivity index (χ0n) is 13.4. The van der Waals surface area contributed by atoms with Crippen molar-refractivity contribution in [2.45, 2.75) is 44.9 Å². The van der Waals surface area contributed by atoms with E-state index in [4.69, 9.17) is 0 Å². The van der Waals surface area contributed by atoms with E-state index in [2.05, 4.69) is 11.6 Å². The number of hydrogen-bond donors (Lipinski definition) is 1. The van der Waals surface area contributed by atoms with Crippen LogP contribution < -0.4 is 4.72 Å². The van der Waals surface area contributed by atoms with Gasteiger partial charge in [0.1, 0.15) is 0 Å². The van der Waals surface area contributed by atoms with Crippen LogP contribution in [0.3, 0.4) is 0 Å². The lowest BCUT2D eigenvalue weighted by atomic mass is 10.1. The van der Waals surface area contributed by atoms with E-state index in [1.807, 2.05) is 38.1 Å². The smallest absolute Gasteiger partial charge is 0.261 e. The molecule has 118 valence electrons. The fraction of sp³-hybridized carbons (Fsp3) is 0.333. The Kier molecular flexibility index (Phi) is 5.24. The SMILES string of the molecule is CCCCc1ccc(S(=O)(=O)Nc2ccc(C)c(C)c2)cc1. The van der Waals surface area contributed by atoms with Crippen molar-refractivity contribution in [1.29, 1.82) is 0 Å². The number of sulfonamides is 1. The predicted octanol–water partition coefficient (Wildman–Crippen LogP) is 4.45. The Morgan fingerprint density at radius 1 is 0.955 bits per heavy atom. The van der Waals surface area contributed by atoms with E-state index in [0.29, 0.717) is 10.6 Å². The van der Waals surface area contributed by atoms with Gasteiger partial charge >= 0.3 is 0 Å². The first kappa shape index (κ1) is 16.6. The summed E-state index contributed by atoms with van der Waals surface area (Å²) in [5.74, 6) is 0. The van der Waals surface area contributed by atoms with Crippen LogP contribution in [0.4, 0.5) is 5.69 Å². The molecule has 0 amide bonds. The molecule has 3 nitrogen and oxygen atoms in total. The molecule has 2 aromatic rings. The van der Waals surface area contributed by atoms with Crippen LogP contribution in [-0.4, -0.2) is 8.42 Å². The molecule has 0 aromatic heterocycles. The predicted molar refractivity (Wildman–Crippen MR) is 91.8 cm³/mol. The van der Waals surface area contributed by atoms with Gasteiger partial charge in [0, 0.05) is 5.69 Å². The van der Waals surface area contributed by atoms with Crippen LogP contribution in [0.15, 0.2) is 47.4 Å². The van der Waals surface area contributed by atoms with Crippen LogP contribution in [0.25, 0.3) is 0 Å². The maximum Gasteiger partial charge on any atom is 0.261 e. The van der Waals surface area contributed by atoms with Crippen LogP contribution >= 0.6 is 0 Å². The van der Waals surface area contributed by atoms with E-state index in [1.165, 1.54) is 5.56 Å². The molecule has 0 saturated carbocycles. The van der Waals surface area contributed by atoms with E-state index in [1.54, 1.807) is 18.2 Å². The summed E-state index contributed by atoms with van der Waals surface area (Å²) in [6.45, 7) is 6.12. The monoisotopic (exact) mass is 317 g/mol. The molecule has 1 N–H and O–H groups in total. The number of nitrogens with one attached hydrogen (secondary N) is 1. The van der Waals surface area contributed by atoms with Gasteiger partial charge in [-0.25, -0.2) is 8.42 Å². The van der Waals surface area contributed by atoms with E-state index < -0.39 is 10.0 Å². The Labute approximate surface area is 133 Å². The largest absolute Gasteiger partial charge is 0.280 e. The molecule has 0 saturated heterocycles. The zero-order valence-corrected chi connectivity index (χ0v) is 14.2. The van der Waals surface area contributed by atoms with Crippen molar-refractivity contribution >= 4 is 15.7 Å². The average Bonchev–Trinajstić information content (AvgIpc) is 2.49. The molecule has 0 atom stereocenters. The fourth-order valence-electron chi connectivity index (χ4n) is 2.24. The summed E-state index contributed by atoms with van der Waals surface area (Å²) < 4.78 is 27.5. The number of rotatable bonds is 6. The van der Waals surface area contributed by atoms with Crippen LogP contribution in [0.2, 0.25) is 0 Å². The lowest BCUT2D eigenvalue weighted by Gasteiger charge is -2.10. The van der Waals surface area contributed by atoms with Crippen molar-refractivity contribution in [3.05, 3.63) is 59.2 Å². The summed E-state index contributed by atoms with van der Waals surface area (Å²) in [5.41, 5.74) is 3.98. The van der Waals surface area contributed by atoms with Crippen molar-refractivity contribution in [3.8, 4) is 0 Å². The molecule has 0 heterocycles. The Hall–Kier alpha value is -1.81. The Balaban J connectivity index is 2.17. The minimum atomic E-state index is -3.53. The van der Waals surface area contributed by atoms with E-state index in [-0.39, 0.29) is 0 Å². The van der Waals surface area contributed by atoms with Crippen molar-refractivity contribution in [3.63, 3.8) is 0 Å². The maximum absolute atomic E-state index is 12.4. The van der Waals surface area contributed by atoms with Crippen molar-refractivity contribution < 1.29 is 8.42 Å². The Bertz CT molecular complexity index is 734. The lowest BCUT2D eigenvalue weighted by molar-refractivity contribution is 0.601. The molecule has 0 aliphatic rings. The summed E-state index contributed by atoms with van der Waals surface area (Å²) in [6.07, 6.45) is 3.24. The highest BCUT2D eigenvalue weighted by atomic mass is 32.2. The lowest BCUT2D eigenvalue weighted by Crippen LogP contribution is -2.13. The summed E-state index contributed by atoms with van der Waals surface area (Å²) in [7, 11) is -3.53. The van der Waals surface area contributed by atoms with Gasteiger partial charge in [-0.3, -0.25) is 4.72 Å². The second kappa shape index (κ2) is 6.97. The standard InChI is InChI=1S/C18H23NO2S/c1-4-5-6-16-8-11-18(12-9-16)22(20,21)19-17-10-7-14(2)15(3)13-17/h7-13,19H,4-6H2,1-3H3. The van der Waals surface area contributed by atoms with Crippen molar-refractivity contribution in [1.82, 2.24) is 0 Å². The van der Waals surface area contributed by atoms with Crippen LogP contribution in [0.5, 0.6) is 0 Å². The highest BCUT2D eigenvalue weighted by Crippen LogP contribution is 2.19. The van der Waals surface area contributed by atoms with Crippen LogP contribution in [0.1, 0.15) is 36.5 Å². The highest BCUT2D eigenvalue weighted by molar-refractivity contribution is 7.92. The van der Waals surface area contributed by atoms with Gasteiger partial charge in [0.2, 0.25) is 0 Å². The third-order valence-corrected chi connectivity index (χ3v) is 5.21. The molecule has 0 aliphatic carbocycles. The Morgan fingerprint density at radius 3 is 2.23 bits per heavy atom. The molecule has 0 fully saturated rings. The van der Waals surface area contributed by atoms with Gasteiger partial charge in [-0.15, -0.1) is 0 Å². The first-order valence-electron chi connectivity index (χ1n) is 7.61. The second-order valence-corrected chi connectivity index (χ2v) is 7.33. The molecule has 2 aromatic carbocycles. The molecule has 22 heavy (non-hydrogen) atoms. The minimum absolute atomic E-state index is 0.297. The minimum Gasteiger partial charge on any atom is -0.280 e. The third kappa shape index (κ3) is 4.10. The average molecular weight is 317 g/mol. The van der Waals surface area contributed by atoms with Crippen molar-refractivity contribution in [2.24, 2.45) is 0 Å². The molecule has 0 unspecified atom stereocenters. The van der Waals surface area contributed by atoms with Gasteiger partial charge in [-0.2, -0.15) is 0 Å². The number of aryl methyl sites for hydroxylation is 3. The first-order chi connectivity index (χ1) is 10.4. The molecular formula is C18H23NO2S. The number of unbranched alkanes of at least 4 members (excludes halogenated alkanes) is 1. The quantitative estimate of drug-likeness (QED) is 0.855. The molecule has 0 spiro atoms. The normalized spacial score (nSPS) is 11.4. The molecule has 0 aliphatic heterocycles. The maximum atomic E-state index is 12.4. The van der Waals surface area contributed by atoms with E-state index in [9.17, 15) is 8.42 Å². The van der Waals surface area contributed by atoms with E-state index in [0.717, 1.165) is 30.4 Å². The first-order valence-corrected chi connectivity index (χ1v) is 9.09. The van der Waals surface area contributed by atoms with Gasteiger partial charge in [-0.05, 0) is 67.6 Å².